The molecule has 2 saturated carbocycles. The molecule has 2 aliphatic carbocycles. The van der Waals surface area contributed by atoms with Gasteiger partial charge in [-0.25, -0.2) is 4.98 Å². The molecule has 0 amide bonds. The van der Waals surface area contributed by atoms with E-state index in [-0.39, 0.29) is 5.25 Å². The number of hydrogen-bond acceptors (Lipinski definition) is 5. The fourth-order valence-corrected chi connectivity index (χ4v) is 4.68. The molecular formula is C18H26N4OS. The molecule has 24 heavy (non-hydrogen) atoms. The highest BCUT2D eigenvalue weighted by molar-refractivity contribution is 7.99. The minimum absolute atomic E-state index is 0.133. The lowest BCUT2D eigenvalue weighted by Crippen LogP contribution is -2.15. The van der Waals surface area contributed by atoms with Gasteiger partial charge in [-0.05, 0) is 46.5 Å². The molecule has 130 valence electrons. The highest BCUT2D eigenvalue weighted by Crippen LogP contribution is 2.41. The Balaban J connectivity index is 1.55. The molecule has 1 unspecified atom stereocenters. The standard InChI is InChI=1S/C18H26N4OS/c1-11-12(2)22(15-7-5-4-6-8-15)18(19-11)24-13(3)17-20-16(21-23-17)14-9-10-14/h13-15H,4-10H2,1-3H3. The van der Waals surface area contributed by atoms with E-state index in [1.807, 2.05) is 0 Å². The van der Waals surface area contributed by atoms with Crippen LogP contribution in [0.25, 0.3) is 0 Å². The van der Waals surface area contributed by atoms with E-state index in [2.05, 4.69) is 35.5 Å². The van der Waals surface area contributed by atoms with E-state index in [1.54, 1.807) is 11.8 Å². The second-order valence-electron chi connectivity index (χ2n) is 7.25. The Hall–Kier alpha value is -1.30. The molecule has 0 aliphatic heterocycles. The maximum Gasteiger partial charge on any atom is 0.239 e. The molecule has 2 heterocycles. The van der Waals surface area contributed by atoms with Crippen LogP contribution >= 0.6 is 11.8 Å². The first-order chi connectivity index (χ1) is 11.6. The smallest absolute Gasteiger partial charge is 0.239 e. The van der Waals surface area contributed by atoms with E-state index in [1.165, 1.54) is 50.6 Å². The molecule has 0 N–H and O–H groups in total. The van der Waals surface area contributed by atoms with Gasteiger partial charge in [-0.3, -0.25) is 0 Å². The van der Waals surface area contributed by atoms with Gasteiger partial charge >= 0.3 is 0 Å². The number of nitrogens with zero attached hydrogens (tertiary/aromatic N) is 4. The van der Waals surface area contributed by atoms with Crippen LogP contribution in [0.2, 0.25) is 0 Å². The molecule has 0 radical (unpaired) electrons. The zero-order chi connectivity index (χ0) is 16.7. The van der Waals surface area contributed by atoms with Gasteiger partial charge in [0.05, 0.1) is 10.9 Å². The van der Waals surface area contributed by atoms with E-state index >= 15 is 0 Å². The first kappa shape index (κ1) is 16.2. The largest absolute Gasteiger partial charge is 0.338 e. The third kappa shape index (κ3) is 3.13. The summed E-state index contributed by atoms with van der Waals surface area (Å²) in [6.07, 6.45) is 8.96. The SMILES string of the molecule is Cc1nc(SC(C)c2nc(C3CC3)no2)n(C2CCCCC2)c1C. The molecule has 2 fully saturated rings. The number of imidazole rings is 1. The van der Waals surface area contributed by atoms with Crippen molar-refractivity contribution in [1.82, 2.24) is 19.7 Å². The van der Waals surface area contributed by atoms with Gasteiger partial charge in [-0.1, -0.05) is 36.2 Å². The average molecular weight is 347 g/mol. The topological polar surface area (TPSA) is 56.7 Å². The fraction of sp³-hybridized carbons (Fsp3) is 0.722. The van der Waals surface area contributed by atoms with Gasteiger partial charge in [0.15, 0.2) is 11.0 Å². The lowest BCUT2D eigenvalue weighted by atomic mass is 9.95. The van der Waals surface area contributed by atoms with Crippen LogP contribution < -0.4 is 0 Å². The van der Waals surface area contributed by atoms with Crippen molar-refractivity contribution in [3.05, 3.63) is 23.1 Å². The molecule has 4 rings (SSSR count). The second-order valence-corrected chi connectivity index (χ2v) is 8.56. The molecule has 0 spiro atoms. The van der Waals surface area contributed by atoms with Crippen molar-refractivity contribution >= 4 is 11.8 Å². The van der Waals surface area contributed by atoms with Crippen LogP contribution in [0.1, 0.15) is 92.2 Å². The van der Waals surface area contributed by atoms with Gasteiger partial charge in [0.25, 0.3) is 0 Å². The second kappa shape index (κ2) is 6.54. The highest BCUT2D eigenvalue weighted by atomic mass is 32.2. The van der Waals surface area contributed by atoms with E-state index in [0.717, 1.165) is 22.6 Å². The van der Waals surface area contributed by atoms with Crippen molar-refractivity contribution in [2.45, 2.75) is 88.1 Å². The molecule has 0 aromatic carbocycles. The molecule has 0 saturated heterocycles. The zero-order valence-electron chi connectivity index (χ0n) is 14.8. The highest BCUT2D eigenvalue weighted by Gasteiger charge is 2.30. The predicted octanol–water partition coefficient (Wildman–Crippen LogP) is 5.12. The zero-order valence-corrected chi connectivity index (χ0v) is 15.6. The summed E-state index contributed by atoms with van der Waals surface area (Å²) in [6, 6.07) is 0.597. The minimum Gasteiger partial charge on any atom is -0.338 e. The number of hydrogen-bond donors (Lipinski definition) is 0. The van der Waals surface area contributed by atoms with Gasteiger partial charge in [-0.2, -0.15) is 4.98 Å². The van der Waals surface area contributed by atoms with Gasteiger partial charge in [-0.15, -0.1) is 0 Å². The number of thioether (sulfide) groups is 1. The Kier molecular flexibility index (Phi) is 4.41. The summed E-state index contributed by atoms with van der Waals surface area (Å²) in [5.74, 6) is 2.16. The summed E-state index contributed by atoms with van der Waals surface area (Å²) in [7, 11) is 0. The van der Waals surface area contributed by atoms with Crippen molar-refractivity contribution in [2.24, 2.45) is 0 Å². The third-order valence-electron chi connectivity index (χ3n) is 5.32. The molecule has 2 aromatic rings. The van der Waals surface area contributed by atoms with E-state index in [4.69, 9.17) is 9.51 Å². The number of aryl methyl sites for hydroxylation is 1. The molecule has 2 aliphatic rings. The summed E-state index contributed by atoms with van der Waals surface area (Å²) in [5.41, 5.74) is 2.44. The normalized spacial score (nSPS) is 20.5. The maximum absolute atomic E-state index is 5.50. The molecule has 1 atom stereocenters. The van der Waals surface area contributed by atoms with Crippen molar-refractivity contribution in [1.29, 1.82) is 0 Å². The van der Waals surface area contributed by atoms with E-state index in [0.29, 0.717) is 12.0 Å². The number of rotatable bonds is 5. The first-order valence-corrected chi connectivity index (χ1v) is 10.1. The first-order valence-electron chi connectivity index (χ1n) is 9.19. The van der Waals surface area contributed by atoms with Crippen LogP contribution in [-0.2, 0) is 0 Å². The van der Waals surface area contributed by atoms with Crippen molar-refractivity contribution in [2.75, 3.05) is 0 Å². The Bertz CT molecular complexity index is 713. The van der Waals surface area contributed by atoms with Crippen LogP contribution in [0, 0.1) is 13.8 Å². The Morgan fingerprint density at radius 1 is 1.08 bits per heavy atom. The maximum atomic E-state index is 5.50. The summed E-state index contributed by atoms with van der Waals surface area (Å²) in [6.45, 7) is 6.45. The Morgan fingerprint density at radius 2 is 1.83 bits per heavy atom. The molecule has 2 aromatic heterocycles. The lowest BCUT2D eigenvalue weighted by molar-refractivity contribution is 0.332. The third-order valence-corrected chi connectivity index (χ3v) is 6.38. The van der Waals surface area contributed by atoms with Crippen LogP contribution in [0.3, 0.4) is 0 Å². The van der Waals surface area contributed by atoms with Crippen LogP contribution in [-0.4, -0.2) is 19.7 Å². The summed E-state index contributed by atoms with van der Waals surface area (Å²) < 4.78 is 7.97. The molecular weight excluding hydrogens is 320 g/mol. The summed E-state index contributed by atoms with van der Waals surface area (Å²) in [4.78, 5) is 9.45. The Labute approximate surface area is 147 Å². The van der Waals surface area contributed by atoms with Gasteiger partial charge < -0.3 is 9.09 Å². The van der Waals surface area contributed by atoms with Crippen LogP contribution in [0.5, 0.6) is 0 Å². The minimum atomic E-state index is 0.133. The monoisotopic (exact) mass is 346 g/mol. The molecule has 5 nitrogen and oxygen atoms in total. The summed E-state index contributed by atoms with van der Waals surface area (Å²) >= 11 is 1.75. The van der Waals surface area contributed by atoms with Crippen molar-refractivity contribution in [3.63, 3.8) is 0 Å². The molecule has 0 bridgehead atoms. The van der Waals surface area contributed by atoms with Gasteiger partial charge in [0.2, 0.25) is 5.89 Å². The van der Waals surface area contributed by atoms with Crippen LogP contribution in [0.4, 0.5) is 0 Å². The van der Waals surface area contributed by atoms with Crippen LogP contribution in [0.15, 0.2) is 9.68 Å². The van der Waals surface area contributed by atoms with Gasteiger partial charge in [0.1, 0.15) is 0 Å². The van der Waals surface area contributed by atoms with E-state index in [9.17, 15) is 0 Å². The fourth-order valence-electron chi connectivity index (χ4n) is 3.58. The lowest BCUT2D eigenvalue weighted by Gasteiger charge is -2.26. The Morgan fingerprint density at radius 3 is 2.54 bits per heavy atom. The molecule has 6 heteroatoms. The van der Waals surface area contributed by atoms with Crippen molar-refractivity contribution < 1.29 is 4.52 Å². The van der Waals surface area contributed by atoms with Gasteiger partial charge in [0, 0.05) is 17.7 Å². The average Bonchev–Trinajstić information content (AvgIpc) is 3.25. The van der Waals surface area contributed by atoms with Crippen molar-refractivity contribution in [3.8, 4) is 0 Å². The summed E-state index contributed by atoms with van der Waals surface area (Å²) in [5, 5.41) is 5.39. The predicted molar refractivity (Wildman–Crippen MR) is 94.4 cm³/mol. The number of aromatic nitrogens is 4. The quantitative estimate of drug-likeness (QED) is 0.703. The van der Waals surface area contributed by atoms with E-state index < -0.39 is 0 Å².